The van der Waals surface area contributed by atoms with E-state index in [1.165, 1.54) is 4.31 Å². The molecule has 1 aromatic rings. The van der Waals surface area contributed by atoms with Crippen molar-refractivity contribution in [1.82, 2.24) is 9.62 Å². The lowest BCUT2D eigenvalue weighted by Gasteiger charge is -2.32. The van der Waals surface area contributed by atoms with Crippen LogP contribution in [0.4, 0.5) is 4.79 Å². The van der Waals surface area contributed by atoms with Crippen molar-refractivity contribution in [3.8, 4) is 0 Å². The minimum Gasteiger partial charge on any atom is -0.450 e. The number of hydrogen-bond donors (Lipinski definition) is 1. The summed E-state index contributed by atoms with van der Waals surface area (Å²) >= 11 is 0. The van der Waals surface area contributed by atoms with Crippen LogP contribution in [0.15, 0.2) is 35.2 Å². The lowest BCUT2D eigenvalue weighted by molar-refractivity contribution is 0.142. The van der Waals surface area contributed by atoms with E-state index >= 15 is 0 Å². The van der Waals surface area contributed by atoms with Gasteiger partial charge in [0.25, 0.3) is 0 Å². The zero-order chi connectivity index (χ0) is 15.3. The predicted molar refractivity (Wildman–Crippen MR) is 78.4 cm³/mol. The first-order valence-electron chi connectivity index (χ1n) is 7.02. The molecule has 2 rings (SSSR count). The van der Waals surface area contributed by atoms with Gasteiger partial charge in [-0.15, -0.1) is 0 Å². The molecule has 1 N–H and O–H groups in total. The van der Waals surface area contributed by atoms with Crippen LogP contribution in [-0.4, -0.2) is 44.6 Å². The standard InChI is InChI=1S/C14H20N2O4S/c1-2-20-14(17)15-12-7-6-10-16(11-12)21(18,19)13-8-4-3-5-9-13/h3-5,8-9,12H,2,6-7,10-11H2,1H3,(H,15,17)/t12-/m0/s1. The van der Waals surface area contributed by atoms with Crippen LogP contribution in [0.1, 0.15) is 19.8 Å². The van der Waals surface area contributed by atoms with E-state index in [1.54, 1.807) is 37.3 Å². The number of ether oxygens (including phenoxy) is 1. The van der Waals surface area contributed by atoms with E-state index in [4.69, 9.17) is 4.74 Å². The Hall–Kier alpha value is -1.60. The Morgan fingerprint density at radius 1 is 1.38 bits per heavy atom. The highest BCUT2D eigenvalue weighted by Gasteiger charge is 2.30. The number of alkyl carbamates (subject to hydrolysis) is 1. The zero-order valence-corrected chi connectivity index (χ0v) is 12.8. The normalized spacial score (nSPS) is 20.0. The van der Waals surface area contributed by atoms with E-state index in [-0.39, 0.29) is 17.5 Å². The summed E-state index contributed by atoms with van der Waals surface area (Å²) in [5.74, 6) is 0. The summed E-state index contributed by atoms with van der Waals surface area (Å²) in [6, 6.07) is 8.13. The Balaban J connectivity index is 2.05. The maximum absolute atomic E-state index is 12.5. The number of benzene rings is 1. The van der Waals surface area contributed by atoms with Crippen molar-refractivity contribution in [3.05, 3.63) is 30.3 Å². The molecule has 0 aliphatic carbocycles. The Bertz CT molecular complexity index is 574. The lowest BCUT2D eigenvalue weighted by Crippen LogP contribution is -2.49. The second kappa shape index (κ2) is 6.91. The molecule has 0 unspecified atom stereocenters. The van der Waals surface area contributed by atoms with Gasteiger partial charge in [-0.05, 0) is 31.9 Å². The number of hydrogen-bond acceptors (Lipinski definition) is 4. The summed E-state index contributed by atoms with van der Waals surface area (Å²) in [4.78, 5) is 11.7. The van der Waals surface area contributed by atoms with Crippen LogP contribution in [0.2, 0.25) is 0 Å². The fourth-order valence-electron chi connectivity index (χ4n) is 2.36. The molecule has 6 nitrogen and oxygen atoms in total. The Kier molecular flexibility index (Phi) is 5.19. The second-order valence-electron chi connectivity index (χ2n) is 4.88. The van der Waals surface area contributed by atoms with Gasteiger partial charge in [-0.1, -0.05) is 18.2 Å². The highest BCUT2D eigenvalue weighted by atomic mass is 32.2. The SMILES string of the molecule is CCOC(=O)N[C@H]1CCCN(S(=O)(=O)c2ccccc2)C1. The van der Waals surface area contributed by atoms with Gasteiger partial charge in [0.2, 0.25) is 10.0 Å². The minimum atomic E-state index is -3.50. The van der Waals surface area contributed by atoms with Gasteiger partial charge >= 0.3 is 6.09 Å². The molecule has 0 saturated carbocycles. The topological polar surface area (TPSA) is 75.7 Å². The van der Waals surface area contributed by atoms with Crippen LogP contribution in [0.25, 0.3) is 0 Å². The fraction of sp³-hybridized carbons (Fsp3) is 0.500. The molecule has 0 aromatic heterocycles. The van der Waals surface area contributed by atoms with Crippen molar-refractivity contribution < 1.29 is 17.9 Å². The second-order valence-corrected chi connectivity index (χ2v) is 6.82. The van der Waals surface area contributed by atoms with Crippen molar-refractivity contribution in [1.29, 1.82) is 0 Å². The van der Waals surface area contributed by atoms with Gasteiger partial charge in [0.15, 0.2) is 0 Å². The summed E-state index contributed by atoms with van der Waals surface area (Å²) < 4.78 is 31.3. The first-order chi connectivity index (χ1) is 10.0. The number of nitrogens with one attached hydrogen (secondary N) is 1. The quantitative estimate of drug-likeness (QED) is 0.916. The number of carbonyl (C=O) groups excluding carboxylic acids is 1. The van der Waals surface area contributed by atoms with Crippen LogP contribution in [0, 0.1) is 0 Å². The number of carbonyl (C=O) groups is 1. The van der Waals surface area contributed by atoms with Crippen molar-refractivity contribution in [2.24, 2.45) is 0 Å². The van der Waals surface area contributed by atoms with Gasteiger partial charge in [-0.25, -0.2) is 13.2 Å². The van der Waals surface area contributed by atoms with Crippen molar-refractivity contribution in [2.75, 3.05) is 19.7 Å². The van der Waals surface area contributed by atoms with E-state index in [9.17, 15) is 13.2 Å². The molecule has 0 bridgehead atoms. The summed E-state index contributed by atoms with van der Waals surface area (Å²) in [6.45, 7) is 2.77. The number of piperidine rings is 1. The van der Waals surface area contributed by atoms with Crippen LogP contribution >= 0.6 is 0 Å². The van der Waals surface area contributed by atoms with Gasteiger partial charge in [0.05, 0.1) is 11.5 Å². The van der Waals surface area contributed by atoms with Crippen molar-refractivity contribution in [3.63, 3.8) is 0 Å². The molecule has 1 fully saturated rings. The van der Waals surface area contributed by atoms with Crippen molar-refractivity contribution in [2.45, 2.75) is 30.7 Å². The average Bonchev–Trinajstić information content (AvgIpc) is 2.48. The molecule has 1 saturated heterocycles. The first kappa shape index (κ1) is 15.8. The molecule has 7 heteroatoms. The molecule has 1 amide bonds. The van der Waals surface area contributed by atoms with E-state index < -0.39 is 16.1 Å². The molecule has 1 atom stereocenters. The number of nitrogens with zero attached hydrogens (tertiary/aromatic N) is 1. The van der Waals surface area contributed by atoms with Crippen LogP contribution in [-0.2, 0) is 14.8 Å². The zero-order valence-electron chi connectivity index (χ0n) is 12.0. The fourth-order valence-corrected chi connectivity index (χ4v) is 3.90. The summed E-state index contributed by atoms with van der Waals surface area (Å²) in [6.07, 6.45) is 0.962. The van der Waals surface area contributed by atoms with Gasteiger partial charge in [-0.2, -0.15) is 4.31 Å². The molecule has 1 aromatic carbocycles. The van der Waals surface area contributed by atoms with Gasteiger partial charge < -0.3 is 10.1 Å². The smallest absolute Gasteiger partial charge is 0.407 e. The Morgan fingerprint density at radius 2 is 2.10 bits per heavy atom. The molecule has 116 valence electrons. The van der Waals surface area contributed by atoms with E-state index in [1.807, 2.05) is 0 Å². The largest absolute Gasteiger partial charge is 0.450 e. The maximum atomic E-state index is 12.5. The third-order valence-corrected chi connectivity index (χ3v) is 5.24. The molecular formula is C14H20N2O4S. The number of rotatable bonds is 4. The highest BCUT2D eigenvalue weighted by molar-refractivity contribution is 7.89. The predicted octanol–water partition coefficient (Wildman–Crippen LogP) is 1.59. The third-order valence-electron chi connectivity index (χ3n) is 3.36. The minimum absolute atomic E-state index is 0.212. The molecule has 1 heterocycles. The molecule has 1 aliphatic heterocycles. The summed E-state index contributed by atoms with van der Waals surface area (Å²) in [7, 11) is -3.50. The van der Waals surface area contributed by atoms with Gasteiger partial charge in [-0.3, -0.25) is 0 Å². The summed E-state index contributed by atoms with van der Waals surface area (Å²) in [5, 5.41) is 2.71. The van der Waals surface area contributed by atoms with E-state index in [0.29, 0.717) is 19.6 Å². The first-order valence-corrected chi connectivity index (χ1v) is 8.46. The molecule has 1 aliphatic rings. The molecule has 0 radical (unpaired) electrons. The Morgan fingerprint density at radius 3 is 2.76 bits per heavy atom. The van der Waals surface area contributed by atoms with E-state index in [2.05, 4.69) is 5.32 Å². The van der Waals surface area contributed by atoms with E-state index in [0.717, 1.165) is 6.42 Å². The molecular weight excluding hydrogens is 292 g/mol. The average molecular weight is 312 g/mol. The number of sulfonamides is 1. The highest BCUT2D eigenvalue weighted by Crippen LogP contribution is 2.20. The summed E-state index contributed by atoms with van der Waals surface area (Å²) in [5.41, 5.74) is 0. The van der Waals surface area contributed by atoms with Crippen LogP contribution in [0.3, 0.4) is 0 Å². The Labute approximate surface area is 125 Å². The van der Waals surface area contributed by atoms with Gasteiger partial charge in [0, 0.05) is 19.1 Å². The molecule has 21 heavy (non-hydrogen) atoms. The monoisotopic (exact) mass is 312 g/mol. The lowest BCUT2D eigenvalue weighted by atomic mass is 10.1. The van der Waals surface area contributed by atoms with Crippen molar-refractivity contribution >= 4 is 16.1 Å². The molecule has 0 spiro atoms. The maximum Gasteiger partial charge on any atom is 0.407 e. The van der Waals surface area contributed by atoms with Gasteiger partial charge in [0.1, 0.15) is 0 Å². The van der Waals surface area contributed by atoms with Crippen LogP contribution < -0.4 is 5.32 Å². The number of amides is 1. The van der Waals surface area contributed by atoms with Crippen LogP contribution in [0.5, 0.6) is 0 Å². The third kappa shape index (κ3) is 3.95.